The second-order valence-electron chi connectivity index (χ2n) is 11.4. The van der Waals surface area contributed by atoms with Crippen molar-refractivity contribution >= 4 is 35.4 Å². The van der Waals surface area contributed by atoms with Gasteiger partial charge in [0.2, 0.25) is 5.91 Å². The Morgan fingerprint density at radius 2 is 1.68 bits per heavy atom. The summed E-state index contributed by atoms with van der Waals surface area (Å²) in [5.41, 5.74) is 2.65. The zero-order chi connectivity index (χ0) is 29.4. The van der Waals surface area contributed by atoms with Gasteiger partial charge in [-0.15, -0.1) is 0 Å². The summed E-state index contributed by atoms with van der Waals surface area (Å²) in [7, 11) is 1.59. The molecule has 0 bridgehead atoms. The highest BCUT2D eigenvalue weighted by molar-refractivity contribution is 7.98. The van der Waals surface area contributed by atoms with E-state index < -0.39 is 23.8 Å². The molecule has 9 heteroatoms. The summed E-state index contributed by atoms with van der Waals surface area (Å²) in [6.45, 7) is 9.31. The summed E-state index contributed by atoms with van der Waals surface area (Å²) in [6, 6.07) is 11.2. The fraction of sp³-hybridized carbons (Fsp3) is 0.516. The predicted molar refractivity (Wildman–Crippen MR) is 161 cm³/mol. The van der Waals surface area contributed by atoms with E-state index in [0.717, 1.165) is 36.0 Å². The van der Waals surface area contributed by atoms with Crippen LogP contribution in [0.15, 0.2) is 42.5 Å². The first-order valence-electron chi connectivity index (χ1n) is 13.8. The Labute approximate surface area is 242 Å². The third-order valence-corrected chi connectivity index (χ3v) is 7.41. The lowest BCUT2D eigenvalue weighted by Gasteiger charge is -2.43. The van der Waals surface area contributed by atoms with E-state index in [9.17, 15) is 14.4 Å². The first-order chi connectivity index (χ1) is 18.9. The molecule has 2 aromatic rings. The number of rotatable bonds is 11. The molecular weight excluding hydrogens is 526 g/mol. The average molecular weight is 570 g/mol. The molecule has 3 rings (SSSR count). The Balaban J connectivity index is 2.02. The first-order valence-corrected chi connectivity index (χ1v) is 15.1. The maximum atomic E-state index is 14.4. The molecule has 1 saturated carbocycles. The number of hydrogen-bond donors (Lipinski definition) is 2. The number of carbonyl (C=O) groups is 3. The molecule has 2 N–H and O–H groups in total. The van der Waals surface area contributed by atoms with Crippen LogP contribution in [0.4, 0.5) is 10.5 Å². The monoisotopic (exact) mass is 569 g/mol. The van der Waals surface area contributed by atoms with E-state index >= 15 is 0 Å². The van der Waals surface area contributed by atoms with Crippen LogP contribution in [-0.4, -0.2) is 59.6 Å². The maximum absolute atomic E-state index is 14.4. The minimum absolute atomic E-state index is 0.114. The van der Waals surface area contributed by atoms with Crippen molar-refractivity contribution in [3.8, 4) is 5.75 Å². The number of nitrogens with zero attached hydrogens (tertiary/aromatic N) is 1. The summed E-state index contributed by atoms with van der Waals surface area (Å²) < 4.78 is 10.7. The van der Waals surface area contributed by atoms with Crippen LogP contribution in [0.25, 0.3) is 0 Å². The highest BCUT2D eigenvalue weighted by Crippen LogP contribution is 2.35. The van der Waals surface area contributed by atoms with Gasteiger partial charge in [0.15, 0.2) is 0 Å². The number of thioether (sulfide) groups is 1. The molecular formula is C31H43N3O5S. The lowest BCUT2D eigenvalue weighted by atomic mass is 9.87. The lowest BCUT2D eigenvalue weighted by molar-refractivity contribution is -0.145. The molecule has 8 nitrogen and oxygen atoms in total. The molecule has 0 saturated heterocycles. The van der Waals surface area contributed by atoms with E-state index in [0.29, 0.717) is 23.6 Å². The first kappa shape index (κ1) is 31.3. The average Bonchev–Trinajstić information content (AvgIpc) is 2.83. The van der Waals surface area contributed by atoms with E-state index in [1.807, 2.05) is 38.3 Å². The van der Waals surface area contributed by atoms with Crippen LogP contribution in [0.5, 0.6) is 5.75 Å². The second-order valence-corrected chi connectivity index (χ2v) is 12.3. The van der Waals surface area contributed by atoms with Crippen molar-refractivity contribution in [3.05, 3.63) is 59.2 Å². The third-order valence-electron chi connectivity index (χ3n) is 6.77. The number of methoxy groups -OCH3 is 1. The number of alkyl carbamates (subject to hydrolysis) is 1. The highest BCUT2D eigenvalue weighted by Gasteiger charge is 2.42. The number of aryl methyl sites for hydroxylation is 2. The van der Waals surface area contributed by atoms with Gasteiger partial charge in [-0.2, -0.15) is 11.8 Å². The Kier molecular flexibility index (Phi) is 10.9. The van der Waals surface area contributed by atoms with Crippen LogP contribution in [-0.2, 0) is 14.3 Å². The fourth-order valence-electron chi connectivity index (χ4n) is 4.80. The predicted octanol–water partition coefficient (Wildman–Crippen LogP) is 6.02. The Hall–Kier alpha value is -3.20. The maximum Gasteiger partial charge on any atom is 0.408 e. The molecule has 40 heavy (non-hydrogen) atoms. The summed E-state index contributed by atoms with van der Waals surface area (Å²) >= 11 is 1.59. The minimum Gasteiger partial charge on any atom is -0.497 e. The summed E-state index contributed by atoms with van der Waals surface area (Å²) in [5, 5.41) is 5.83. The molecule has 2 aromatic carbocycles. The fourth-order valence-corrected chi connectivity index (χ4v) is 5.27. The normalized spacial score (nSPS) is 14.9. The zero-order valence-electron chi connectivity index (χ0n) is 24.7. The Bertz CT molecular complexity index is 1150. The van der Waals surface area contributed by atoms with Crippen LogP contribution < -0.4 is 15.4 Å². The van der Waals surface area contributed by atoms with Crippen LogP contribution in [0.1, 0.15) is 69.2 Å². The molecule has 1 aliphatic carbocycles. The van der Waals surface area contributed by atoms with Gasteiger partial charge < -0.3 is 25.0 Å². The number of nitrogens with one attached hydrogen (secondary N) is 2. The van der Waals surface area contributed by atoms with E-state index in [1.165, 1.54) is 0 Å². The van der Waals surface area contributed by atoms with Gasteiger partial charge in [0, 0.05) is 11.7 Å². The summed E-state index contributed by atoms with van der Waals surface area (Å²) in [4.78, 5) is 42.9. The zero-order valence-corrected chi connectivity index (χ0v) is 25.5. The SMILES string of the molecule is COc1ccc(NC(=O)C(c2cc(C)cc(C)c2)N(C(=O)C(CCSC)NC(=O)OC(C)(C)C)C2CCC2)cc1. The van der Waals surface area contributed by atoms with Crippen molar-refractivity contribution in [1.82, 2.24) is 10.2 Å². The van der Waals surface area contributed by atoms with Gasteiger partial charge in [0.25, 0.3) is 5.91 Å². The molecule has 0 spiro atoms. The van der Waals surface area contributed by atoms with Gasteiger partial charge in [-0.05, 0) is 102 Å². The molecule has 0 heterocycles. The Morgan fingerprint density at radius 1 is 1.05 bits per heavy atom. The smallest absolute Gasteiger partial charge is 0.408 e. The van der Waals surface area contributed by atoms with Gasteiger partial charge in [-0.1, -0.05) is 29.3 Å². The van der Waals surface area contributed by atoms with Crippen LogP contribution in [0.2, 0.25) is 0 Å². The van der Waals surface area contributed by atoms with Crippen LogP contribution in [0.3, 0.4) is 0 Å². The van der Waals surface area contributed by atoms with Crippen molar-refractivity contribution in [2.45, 2.75) is 84.0 Å². The van der Waals surface area contributed by atoms with Crippen molar-refractivity contribution in [3.63, 3.8) is 0 Å². The van der Waals surface area contributed by atoms with Crippen molar-refractivity contribution in [1.29, 1.82) is 0 Å². The van der Waals surface area contributed by atoms with Crippen molar-refractivity contribution in [2.75, 3.05) is 24.4 Å². The topological polar surface area (TPSA) is 97.0 Å². The van der Waals surface area contributed by atoms with Gasteiger partial charge in [-0.25, -0.2) is 4.79 Å². The van der Waals surface area contributed by atoms with Gasteiger partial charge >= 0.3 is 6.09 Å². The quantitative estimate of drug-likeness (QED) is 0.344. The van der Waals surface area contributed by atoms with Crippen LogP contribution >= 0.6 is 11.8 Å². The molecule has 218 valence electrons. The number of hydrogen-bond acceptors (Lipinski definition) is 6. The highest BCUT2D eigenvalue weighted by atomic mass is 32.2. The minimum atomic E-state index is -0.879. The molecule has 2 atom stereocenters. The van der Waals surface area contributed by atoms with Crippen LogP contribution in [0, 0.1) is 13.8 Å². The molecule has 0 aliphatic heterocycles. The molecule has 0 radical (unpaired) electrons. The van der Waals surface area contributed by atoms with E-state index in [-0.39, 0.29) is 17.9 Å². The molecule has 1 aliphatic rings. The molecule has 2 unspecified atom stereocenters. The van der Waals surface area contributed by atoms with Gasteiger partial charge in [0.05, 0.1) is 7.11 Å². The largest absolute Gasteiger partial charge is 0.497 e. The summed E-state index contributed by atoms with van der Waals surface area (Å²) in [6.07, 6.45) is 4.30. The van der Waals surface area contributed by atoms with Gasteiger partial charge in [0.1, 0.15) is 23.4 Å². The number of amides is 3. The molecule has 3 amide bonds. The van der Waals surface area contributed by atoms with Crippen molar-refractivity contribution in [2.24, 2.45) is 0 Å². The lowest BCUT2D eigenvalue weighted by Crippen LogP contribution is -2.57. The molecule has 0 aromatic heterocycles. The standard InChI is InChI=1S/C31H43N3O5S/c1-20-17-21(2)19-22(18-20)27(28(35)32-23-11-13-25(38-6)14-12-23)34(24-9-8-10-24)29(36)26(15-16-40-7)33-30(37)39-31(3,4)5/h11-14,17-19,24,26-27H,8-10,15-16H2,1-7H3,(H,32,35)(H,33,37). The van der Waals surface area contributed by atoms with E-state index in [1.54, 1.807) is 68.8 Å². The third kappa shape index (κ3) is 8.65. The van der Waals surface area contributed by atoms with Crippen molar-refractivity contribution < 1.29 is 23.9 Å². The second kappa shape index (κ2) is 13.9. The van der Waals surface area contributed by atoms with Gasteiger partial charge in [-0.3, -0.25) is 9.59 Å². The van der Waals surface area contributed by atoms with E-state index in [4.69, 9.17) is 9.47 Å². The number of carbonyl (C=O) groups excluding carboxylic acids is 3. The number of anilines is 1. The number of benzene rings is 2. The molecule has 1 fully saturated rings. The Morgan fingerprint density at radius 3 is 2.17 bits per heavy atom. The summed E-state index contributed by atoms with van der Waals surface area (Å²) in [5.74, 6) is 0.756. The number of ether oxygens (including phenoxy) is 2. The van der Waals surface area contributed by atoms with E-state index in [2.05, 4.69) is 10.6 Å².